The number of alkyl halides is 5. The van der Waals surface area contributed by atoms with Gasteiger partial charge in [0.15, 0.2) is 5.69 Å². The van der Waals surface area contributed by atoms with Crippen LogP contribution in [-0.4, -0.2) is 18.1 Å². The second kappa shape index (κ2) is 5.45. The summed E-state index contributed by atoms with van der Waals surface area (Å²) in [5, 5.41) is 0. The first-order valence-corrected chi connectivity index (χ1v) is 4.78. The summed E-state index contributed by atoms with van der Waals surface area (Å²) in [6, 6.07) is 0.271. The van der Waals surface area contributed by atoms with E-state index in [1.807, 2.05) is 0 Å². The van der Waals surface area contributed by atoms with E-state index in [-0.39, 0.29) is 6.07 Å². The highest BCUT2D eigenvalue weighted by atomic mass is 19.4. The van der Waals surface area contributed by atoms with E-state index in [1.54, 1.807) is 0 Å². The van der Waals surface area contributed by atoms with Gasteiger partial charge in [-0.1, -0.05) is 0 Å². The molecule has 0 unspecified atom stereocenters. The zero-order chi connectivity index (χ0) is 14.8. The van der Waals surface area contributed by atoms with Gasteiger partial charge in [-0.15, -0.1) is 0 Å². The van der Waals surface area contributed by atoms with Crippen molar-refractivity contribution in [3.05, 3.63) is 28.8 Å². The van der Waals surface area contributed by atoms with Crippen molar-refractivity contribution in [1.82, 2.24) is 4.98 Å². The Balaban J connectivity index is 3.33. The minimum atomic E-state index is -5.21. The molecule has 0 spiro atoms. The van der Waals surface area contributed by atoms with Gasteiger partial charge in [0.1, 0.15) is 0 Å². The first kappa shape index (κ1) is 15.3. The van der Waals surface area contributed by atoms with E-state index in [0.29, 0.717) is 0 Å². The minimum Gasteiger partial charge on any atom is -0.469 e. The van der Waals surface area contributed by atoms with E-state index < -0.39 is 47.8 Å². The van der Waals surface area contributed by atoms with Gasteiger partial charge in [-0.3, -0.25) is 4.79 Å². The van der Waals surface area contributed by atoms with Crippen molar-refractivity contribution in [2.45, 2.75) is 19.0 Å². The molecule has 19 heavy (non-hydrogen) atoms. The normalized spacial score (nSPS) is 11.8. The first-order chi connectivity index (χ1) is 8.66. The van der Waals surface area contributed by atoms with Crippen molar-refractivity contribution in [3.63, 3.8) is 0 Å². The average Bonchev–Trinajstić information content (AvgIpc) is 2.29. The van der Waals surface area contributed by atoms with Crippen molar-refractivity contribution < 1.29 is 35.9 Å². The lowest BCUT2D eigenvalue weighted by atomic mass is 10.1. The lowest BCUT2D eigenvalue weighted by Gasteiger charge is -2.13. The van der Waals surface area contributed by atoms with Crippen LogP contribution < -0.4 is 0 Å². The maximum Gasteiger partial charge on any atom is 0.433 e. The van der Waals surface area contributed by atoms with E-state index in [9.17, 15) is 31.1 Å². The molecule has 0 bridgehead atoms. The van der Waals surface area contributed by atoms with Crippen LogP contribution in [0.25, 0.3) is 0 Å². The molecule has 0 saturated heterocycles. The Labute approximate surface area is 103 Å². The van der Waals surface area contributed by atoms with Crippen molar-refractivity contribution >= 4 is 5.97 Å². The monoisotopic (exact) mass is 287 g/mol. The Kier molecular flexibility index (Phi) is 4.38. The molecule has 0 aliphatic heterocycles. The molecule has 3 nitrogen and oxygen atoms in total. The highest BCUT2D eigenvalue weighted by Gasteiger charge is 2.39. The van der Waals surface area contributed by atoms with Crippen LogP contribution in [0, 0.1) is 5.95 Å². The van der Waals surface area contributed by atoms with Crippen LogP contribution in [0.5, 0.6) is 0 Å². The van der Waals surface area contributed by atoms with Crippen molar-refractivity contribution in [2.24, 2.45) is 0 Å². The fourth-order valence-electron chi connectivity index (χ4n) is 1.30. The lowest BCUT2D eigenvalue weighted by Crippen LogP contribution is -2.16. The number of hydrogen-bond acceptors (Lipinski definition) is 3. The summed E-state index contributed by atoms with van der Waals surface area (Å²) >= 11 is 0. The molecule has 0 radical (unpaired) electrons. The van der Waals surface area contributed by atoms with E-state index in [2.05, 4.69) is 9.72 Å². The molecular formula is C10H7F6NO2. The van der Waals surface area contributed by atoms with E-state index in [4.69, 9.17) is 0 Å². The topological polar surface area (TPSA) is 39.2 Å². The Hall–Kier alpha value is -1.80. The molecule has 0 N–H and O–H groups in total. The molecular weight excluding hydrogens is 280 g/mol. The molecule has 0 aliphatic rings. The molecule has 9 heteroatoms. The summed E-state index contributed by atoms with van der Waals surface area (Å²) in [6.45, 7) is 0. The summed E-state index contributed by atoms with van der Waals surface area (Å²) in [7, 11) is 0.964. The third-order valence-corrected chi connectivity index (χ3v) is 2.14. The summed E-state index contributed by atoms with van der Waals surface area (Å²) in [4.78, 5) is 13.3. The Bertz CT molecular complexity index is 486. The highest BCUT2D eigenvalue weighted by molar-refractivity contribution is 5.72. The third kappa shape index (κ3) is 3.58. The smallest absolute Gasteiger partial charge is 0.433 e. The number of methoxy groups -OCH3 is 1. The Morgan fingerprint density at radius 2 is 2.00 bits per heavy atom. The molecule has 0 fully saturated rings. The zero-order valence-corrected chi connectivity index (χ0v) is 9.39. The van der Waals surface area contributed by atoms with Crippen LogP contribution in [0.2, 0.25) is 0 Å². The van der Waals surface area contributed by atoms with Gasteiger partial charge in [0.25, 0.3) is 6.43 Å². The molecule has 0 amide bonds. The molecule has 106 valence electrons. The van der Waals surface area contributed by atoms with Crippen LogP contribution in [-0.2, 0) is 22.1 Å². The fraction of sp³-hybridized carbons (Fsp3) is 0.400. The van der Waals surface area contributed by atoms with Gasteiger partial charge in [-0.2, -0.15) is 17.6 Å². The molecule has 1 aromatic heterocycles. The van der Waals surface area contributed by atoms with Gasteiger partial charge in [0.05, 0.1) is 13.5 Å². The van der Waals surface area contributed by atoms with E-state index in [0.717, 1.165) is 7.11 Å². The van der Waals surface area contributed by atoms with Crippen molar-refractivity contribution in [1.29, 1.82) is 0 Å². The number of rotatable bonds is 3. The first-order valence-electron chi connectivity index (χ1n) is 4.78. The summed E-state index contributed by atoms with van der Waals surface area (Å²) in [6.07, 6.45) is -9.50. The predicted octanol–water partition coefficient (Wildman–Crippen LogP) is 2.89. The second-order valence-corrected chi connectivity index (χ2v) is 3.43. The molecule has 1 rings (SSSR count). The van der Waals surface area contributed by atoms with Crippen molar-refractivity contribution in [3.8, 4) is 0 Å². The average molecular weight is 287 g/mol. The molecule has 0 aromatic carbocycles. The number of pyridine rings is 1. The van der Waals surface area contributed by atoms with Crippen LogP contribution in [0.1, 0.15) is 23.2 Å². The Morgan fingerprint density at radius 3 is 2.42 bits per heavy atom. The third-order valence-electron chi connectivity index (χ3n) is 2.14. The highest BCUT2D eigenvalue weighted by Crippen LogP contribution is 2.35. The number of carbonyl (C=O) groups is 1. The maximum absolute atomic E-state index is 13.3. The van der Waals surface area contributed by atoms with Gasteiger partial charge in [0, 0.05) is 11.1 Å². The lowest BCUT2D eigenvalue weighted by molar-refractivity contribution is -0.143. The van der Waals surface area contributed by atoms with Crippen molar-refractivity contribution in [2.75, 3.05) is 7.11 Å². The summed E-state index contributed by atoms with van der Waals surface area (Å²) in [5.41, 5.74) is -4.17. The number of esters is 1. The number of halogens is 6. The van der Waals surface area contributed by atoms with Gasteiger partial charge in [0.2, 0.25) is 5.95 Å². The van der Waals surface area contributed by atoms with Crippen LogP contribution >= 0.6 is 0 Å². The Morgan fingerprint density at radius 1 is 1.42 bits per heavy atom. The van der Waals surface area contributed by atoms with Gasteiger partial charge in [-0.05, 0) is 6.07 Å². The van der Waals surface area contributed by atoms with Crippen LogP contribution in [0.4, 0.5) is 26.3 Å². The number of hydrogen-bond donors (Lipinski definition) is 0. The molecule has 1 heterocycles. The van der Waals surface area contributed by atoms with E-state index >= 15 is 0 Å². The van der Waals surface area contributed by atoms with Gasteiger partial charge < -0.3 is 4.74 Å². The quantitative estimate of drug-likeness (QED) is 0.487. The molecule has 0 saturated carbocycles. The second-order valence-electron chi connectivity index (χ2n) is 3.43. The fourth-order valence-corrected chi connectivity index (χ4v) is 1.30. The van der Waals surface area contributed by atoms with E-state index in [1.165, 1.54) is 0 Å². The maximum atomic E-state index is 13.3. The minimum absolute atomic E-state index is 0.271. The number of aromatic nitrogens is 1. The standard InChI is InChI=1S/C10H7F6NO2/c1-19-6(18)3-4-2-5(8(11)12)7(10(14,15)16)17-9(4)13/h2,8H,3H2,1H3. The summed E-state index contributed by atoms with van der Waals surface area (Å²) < 4.78 is 79.6. The number of carbonyl (C=O) groups excluding carboxylic acids is 1. The van der Waals surface area contributed by atoms with Crippen LogP contribution in [0.3, 0.4) is 0 Å². The zero-order valence-electron chi connectivity index (χ0n) is 9.39. The molecule has 0 atom stereocenters. The number of ether oxygens (including phenoxy) is 1. The molecule has 1 aromatic rings. The predicted molar refractivity (Wildman–Crippen MR) is 49.9 cm³/mol. The van der Waals surface area contributed by atoms with Crippen LogP contribution in [0.15, 0.2) is 6.07 Å². The van der Waals surface area contributed by atoms with Gasteiger partial charge in [-0.25, -0.2) is 13.8 Å². The summed E-state index contributed by atoms with van der Waals surface area (Å²) in [5.74, 6) is -2.62. The SMILES string of the molecule is COC(=O)Cc1cc(C(F)F)c(C(F)(F)F)nc1F. The molecule has 0 aliphatic carbocycles. The largest absolute Gasteiger partial charge is 0.469 e. The van der Waals surface area contributed by atoms with Gasteiger partial charge >= 0.3 is 12.1 Å². The number of nitrogens with zero attached hydrogens (tertiary/aromatic N) is 1.